The Morgan fingerprint density at radius 2 is 1.96 bits per heavy atom. The zero-order valence-electron chi connectivity index (χ0n) is 14.7. The number of piperidine rings is 1. The van der Waals surface area contributed by atoms with Crippen molar-refractivity contribution in [3.63, 3.8) is 0 Å². The van der Waals surface area contributed by atoms with Crippen LogP contribution in [0.15, 0.2) is 24.3 Å². The van der Waals surface area contributed by atoms with Crippen molar-refractivity contribution in [2.75, 3.05) is 36.4 Å². The third-order valence-electron chi connectivity index (χ3n) is 5.36. The Morgan fingerprint density at radius 1 is 1.20 bits per heavy atom. The van der Waals surface area contributed by atoms with E-state index >= 15 is 0 Å². The van der Waals surface area contributed by atoms with Crippen molar-refractivity contribution in [2.24, 2.45) is 17.6 Å². The van der Waals surface area contributed by atoms with Crippen LogP contribution in [0.2, 0.25) is 0 Å². The topological polar surface area (TPSA) is 87.5 Å². The van der Waals surface area contributed by atoms with Gasteiger partial charge in [0.15, 0.2) is 0 Å². The van der Waals surface area contributed by atoms with E-state index in [1.165, 1.54) is 6.42 Å². The Hall–Kier alpha value is -2.08. The summed E-state index contributed by atoms with van der Waals surface area (Å²) in [4.78, 5) is 25.9. The first-order valence-corrected chi connectivity index (χ1v) is 9.27. The lowest BCUT2D eigenvalue weighted by Gasteiger charge is -2.33. The SMILES string of the molecule is NC(=O)C1CCN(c2ccccc2NC(=O)CCC2CCNC2)CC1. The first-order chi connectivity index (χ1) is 12.1. The van der Waals surface area contributed by atoms with Crippen molar-refractivity contribution in [3.8, 4) is 0 Å². The van der Waals surface area contributed by atoms with Crippen molar-refractivity contribution in [3.05, 3.63) is 24.3 Å². The molecule has 6 heteroatoms. The average molecular weight is 344 g/mol. The highest BCUT2D eigenvalue weighted by atomic mass is 16.2. The number of hydrogen-bond donors (Lipinski definition) is 3. The molecule has 1 aromatic rings. The van der Waals surface area contributed by atoms with E-state index in [0.717, 1.165) is 56.8 Å². The Balaban J connectivity index is 1.57. The standard InChI is InChI=1S/C19H28N4O2/c20-19(25)15-8-11-23(12-9-15)17-4-2-1-3-16(17)22-18(24)6-5-14-7-10-21-13-14/h1-4,14-15,21H,5-13H2,(H2,20,25)(H,22,24). The largest absolute Gasteiger partial charge is 0.370 e. The second kappa shape index (κ2) is 8.34. The fourth-order valence-corrected chi connectivity index (χ4v) is 3.77. The third kappa shape index (κ3) is 4.72. The molecular formula is C19H28N4O2. The summed E-state index contributed by atoms with van der Waals surface area (Å²) in [6, 6.07) is 7.90. The number of carbonyl (C=O) groups is 2. The molecule has 6 nitrogen and oxygen atoms in total. The lowest BCUT2D eigenvalue weighted by molar-refractivity contribution is -0.122. The minimum absolute atomic E-state index is 0.0296. The number of para-hydroxylation sites is 2. The number of nitrogens with two attached hydrogens (primary N) is 1. The lowest BCUT2D eigenvalue weighted by atomic mass is 9.96. The maximum Gasteiger partial charge on any atom is 0.224 e. The van der Waals surface area contributed by atoms with Gasteiger partial charge in [-0.2, -0.15) is 0 Å². The molecule has 0 saturated carbocycles. The monoisotopic (exact) mass is 344 g/mol. The quantitative estimate of drug-likeness (QED) is 0.733. The van der Waals surface area contributed by atoms with Crippen molar-refractivity contribution in [1.29, 1.82) is 0 Å². The summed E-state index contributed by atoms with van der Waals surface area (Å²) in [6.45, 7) is 3.66. The van der Waals surface area contributed by atoms with Crippen LogP contribution in [0.4, 0.5) is 11.4 Å². The van der Waals surface area contributed by atoms with Gasteiger partial charge in [0, 0.05) is 25.4 Å². The molecular weight excluding hydrogens is 316 g/mol. The van der Waals surface area contributed by atoms with Crippen LogP contribution in [0.25, 0.3) is 0 Å². The van der Waals surface area contributed by atoms with Crippen molar-refractivity contribution in [1.82, 2.24) is 5.32 Å². The molecule has 0 bridgehead atoms. The van der Waals surface area contributed by atoms with E-state index < -0.39 is 0 Å². The molecule has 2 saturated heterocycles. The van der Waals surface area contributed by atoms with Crippen LogP contribution in [0.5, 0.6) is 0 Å². The Kier molecular flexibility index (Phi) is 5.91. The molecule has 1 unspecified atom stereocenters. The van der Waals surface area contributed by atoms with E-state index in [0.29, 0.717) is 12.3 Å². The average Bonchev–Trinajstić information content (AvgIpc) is 3.14. The minimum Gasteiger partial charge on any atom is -0.370 e. The summed E-state index contributed by atoms with van der Waals surface area (Å²) >= 11 is 0. The summed E-state index contributed by atoms with van der Waals surface area (Å²) in [5.41, 5.74) is 7.30. The minimum atomic E-state index is -0.206. The molecule has 0 aromatic heterocycles. The number of nitrogens with zero attached hydrogens (tertiary/aromatic N) is 1. The number of primary amides is 1. The molecule has 1 atom stereocenters. The third-order valence-corrected chi connectivity index (χ3v) is 5.36. The van der Waals surface area contributed by atoms with Crippen molar-refractivity contribution < 1.29 is 9.59 Å². The number of amides is 2. The number of anilines is 2. The van der Waals surface area contributed by atoms with Gasteiger partial charge in [-0.3, -0.25) is 9.59 Å². The fraction of sp³-hybridized carbons (Fsp3) is 0.579. The number of hydrogen-bond acceptors (Lipinski definition) is 4. The molecule has 0 spiro atoms. The van der Waals surface area contributed by atoms with Gasteiger partial charge < -0.3 is 21.3 Å². The second-order valence-electron chi connectivity index (χ2n) is 7.13. The predicted octanol–water partition coefficient (Wildman–Crippen LogP) is 1.72. The normalized spacial score (nSPS) is 21.3. The summed E-state index contributed by atoms with van der Waals surface area (Å²) in [7, 11) is 0. The molecule has 136 valence electrons. The summed E-state index contributed by atoms with van der Waals surface area (Å²) in [5, 5.41) is 6.41. The van der Waals surface area contributed by atoms with E-state index in [4.69, 9.17) is 5.73 Å². The number of carbonyl (C=O) groups excluding carboxylic acids is 2. The molecule has 2 heterocycles. The maximum absolute atomic E-state index is 12.3. The molecule has 2 fully saturated rings. The van der Waals surface area contributed by atoms with Crippen LogP contribution in [0, 0.1) is 11.8 Å². The first kappa shape index (κ1) is 17.7. The Morgan fingerprint density at radius 3 is 2.64 bits per heavy atom. The van der Waals surface area contributed by atoms with Crippen LogP contribution in [0.3, 0.4) is 0 Å². The van der Waals surface area contributed by atoms with Crippen molar-refractivity contribution in [2.45, 2.75) is 32.1 Å². The van der Waals surface area contributed by atoms with E-state index in [9.17, 15) is 9.59 Å². The molecule has 0 aliphatic carbocycles. The van der Waals surface area contributed by atoms with Gasteiger partial charge in [-0.05, 0) is 56.8 Å². The van der Waals surface area contributed by atoms with Gasteiger partial charge >= 0.3 is 0 Å². The molecule has 3 rings (SSSR count). The molecule has 0 radical (unpaired) electrons. The summed E-state index contributed by atoms with van der Waals surface area (Å²) in [6.07, 6.45) is 4.20. The molecule has 2 aliphatic rings. The second-order valence-corrected chi connectivity index (χ2v) is 7.13. The fourth-order valence-electron chi connectivity index (χ4n) is 3.77. The Bertz CT molecular complexity index is 605. The van der Waals surface area contributed by atoms with Crippen molar-refractivity contribution >= 4 is 23.2 Å². The first-order valence-electron chi connectivity index (χ1n) is 9.27. The van der Waals surface area contributed by atoms with Gasteiger partial charge in [0.05, 0.1) is 11.4 Å². The highest BCUT2D eigenvalue weighted by Crippen LogP contribution is 2.30. The Labute approximate surface area is 149 Å². The predicted molar refractivity (Wildman–Crippen MR) is 99.4 cm³/mol. The molecule has 2 aliphatic heterocycles. The lowest BCUT2D eigenvalue weighted by Crippen LogP contribution is -2.38. The van der Waals surface area contributed by atoms with E-state index in [1.807, 2.05) is 24.3 Å². The van der Waals surface area contributed by atoms with Crippen LogP contribution < -0.4 is 21.3 Å². The number of nitrogens with one attached hydrogen (secondary N) is 2. The zero-order valence-corrected chi connectivity index (χ0v) is 14.7. The number of rotatable bonds is 6. The van der Waals surface area contributed by atoms with Gasteiger partial charge in [-0.1, -0.05) is 12.1 Å². The van der Waals surface area contributed by atoms with Gasteiger partial charge in [0.1, 0.15) is 0 Å². The smallest absolute Gasteiger partial charge is 0.224 e. The van der Waals surface area contributed by atoms with E-state index in [2.05, 4.69) is 15.5 Å². The summed E-state index contributed by atoms with van der Waals surface area (Å²) < 4.78 is 0. The zero-order chi connectivity index (χ0) is 17.6. The van der Waals surface area contributed by atoms with Gasteiger partial charge in [-0.25, -0.2) is 0 Å². The highest BCUT2D eigenvalue weighted by molar-refractivity contribution is 5.94. The molecule has 2 amide bonds. The van der Waals surface area contributed by atoms with Crippen LogP contribution in [-0.2, 0) is 9.59 Å². The van der Waals surface area contributed by atoms with E-state index in [-0.39, 0.29) is 17.7 Å². The van der Waals surface area contributed by atoms with Gasteiger partial charge in [0.2, 0.25) is 11.8 Å². The van der Waals surface area contributed by atoms with Crippen LogP contribution in [-0.4, -0.2) is 38.0 Å². The van der Waals surface area contributed by atoms with Gasteiger partial charge in [-0.15, -0.1) is 0 Å². The van der Waals surface area contributed by atoms with Gasteiger partial charge in [0.25, 0.3) is 0 Å². The summed E-state index contributed by atoms with van der Waals surface area (Å²) in [5.74, 6) is 0.459. The van der Waals surface area contributed by atoms with Crippen LogP contribution in [0.1, 0.15) is 32.1 Å². The van der Waals surface area contributed by atoms with E-state index in [1.54, 1.807) is 0 Å². The highest BCUT2D eigenvalue weighted by Gasteiger charge is 2.24. The molecule has 1 aromatic carbocycles. The molecule has 25 heavy (non-hydrogen) atoms. The number of benzene rings is 1. The maximum atomic E-state index is 12.3. The van der Waals surface area contributed by atoms with Crippen LogP contribution >= 0.6 is 0 Å². The molecule has 4 N–H and O–H groups in total.